The number of carbonyl (C=O) groups is 2. The molecule has 2 aromatic rings. The van der Waals surface area contributed by atoms with Crippen molar-refractivity contribution in [3.63, 3.8) is 0 Å². The third-order valence-corrected chi connectivity index (χ3v) is 2.71. The van der Waals surface area contributed by atoms with Crippen molar-refractivity contribution in [1.82, 2.24) is 5.32 Å². The number of halogens is 1. The molecule has 0 fully saturated rings. The fraction of sp³-hybridized carbons (Fsp3) is 0. The molecule has 1 N–H and O–H groups in total. The van der Waals surface area contributed by atoms with Crippen LogP contribution in [0.15, 0.2) is 60.3 Å². The second-order valence-electron chi connectivity index (χ2n) is 4.19. The smallest absolute Gasteiger partial charge is 0.255 e. The van der Waals surface area contributed by atoms with Crippen LogP contribution < -0.4 is 10.4 Å². The van der Waals surface area contributed by atoms with E-state index in [-0.39, 0.29) is 11.1 Å². The highest BCUT2D eigenvalue weighted by atomic mass is 19.1. The molecule has 0 atom stereocenters. The van der Waals surface area contributed by atoms with Crippen molar-refractivity contribution in [2.24, 2.45) is 0 Å². The molecular weight excluding hydrogens is 273 g/mol. The number of amides is 1. The number of hydrogen-bond donors (Lipinski definition) is 1. The van der Waals surface area contributed by atoms with Crippen molar-refractivity contribution >= 4 is 18.0 Å². The first-order valence-corrected chi connectivity index (χ1v) is 6.12. The molecule has 2 aromatic carbocycles. The molecule has 0 bridgehead atoms. The second kappa shape index (κ2) is 6.47. The summed E-state index contributed by atoms with van der Waals surface area (Å²) in [6.45, 7) is 0. The number of carbonyl (C=O) groups excluding carboxylic acids is 2. The zero-order chi connectivity index (χ0) is 15.2. The molecule has 5 heteroatoms. The number of aliphatic carboxylic acids is 1. The van der Waals surface area contributed by atoms with E-state index in [9.17, 15) is 19.1 Å². The largest absolute Gasteiger partial charge is 0.543 e. The van der Waals surface area contributed by atoms with Gasteiger partial charge in [0.1, 0.15) is 5.82 Å². The van der Waals surface area contributed by atoms with Crippen LogP contribution in [-0.4, -0.2) is 11.9 Å². The van der Waals surface area contributed by atoms with Crippen molar-refractivity contribution in [3.05, 3.63) is 77.2 Å². The lowest BCUT2D eigenvalue weighted by atomic mass is 10.1. The van der Waals surface area contributed by atoms with Gasteiger partial charge in [-0.05, 0) is 24.3 Å². The zero-order valence-electron chi connectivity index (χ0n) is 10.9. The number of nitrogens with one attached hydrogen (secondary N) is 1. The lowest BCUT2D eigenvalue weighted by Crippen LogP contribution is -2.35. The maximum atomic E-state index is 13.5. The Hall–Kier alpha value is -2.95. The first-order valence-electron chi connectivity index (χ1n) is 6.12. The number of carboxylic acids is 1. The Morgan fingerprint density at radius 2 is 1.62 bits per heavy atom. The van der Waals surface area contributed by atoms with Crippen LogP contribution in [0, 0.1) is 5.82 Å². The first-order chi connectivity index (χ1) is 10.1. The summed E-state index contributed by atoms with van der Waals surface area (Å²) in [4.78, 5) is 23.0. The van der Waals surface area contributed by atoms with E-state index in [1.807, 2.05) is 0 Å². The first kappa shape index (κ1) is 14.5. The van der Waals surface area contributed by atoms with Crippen LogP contribution in [0.25, 0.3) is 6.08 Å². The van der Waals surface area contributed by atoms with Gasteiger partial charge in [0.05, 0.1) is 11.7 Å². The van der Waals surface area contributed by atoms with Crippen LogP contribution in [0.4, 0.5) is 4.39 Å². The molecule has 0 unspecified atom stereocenters. The number of benzene rings is 2. The Morgan fingerprint density at radius 3 is 2.24 bits per heavy atom. The van der Waals surface area contributed by atoms with Crippen LogP contribution >= 0.6 is 0 Å². The van der Waals surface area contributed by atoms with E-state index < -0.39 is 23.4 Å². The van der Waals surface area contributed by atoms with Crippen LogP contribution in [0.1, 0.15) is 15.9 Å². The van der Waals surface area contributed by atoms with Crippen molar-refractivity contribution in [1.29, 1.82) is 0 Å². The van der Waals surface area contributed by atoms with Gasteiger partial charge in [0.25, 0.3) is 5.91 Å². The molecule has 0 heterocycles. The number of rotatable bonds is 4. The molecule has 1 amide bonds. The van der Waals surface area contributed by atoms with Crippen LogP contribution in [0.5, 0.6) is 0 Å². The van der Waals surface area contributed by atoms with E-state index >= 15 is 0 Å². The van der Waals surface area contributed by atoms with Gasteiger partial charge in [0.2, 0.25) is 0 Å². The van der Waals surface area contributed by atoms with Gasteiger partial charge in [-0.15, -0.1) is 0 Å². The minimum atomic E-state index is -1.59. The predicted octanol–water partition coefficient (Wildman–Crippen LogP) is 1.35. The molecule has 0 radical (unpaired) electrons. The minimum Gasteiger partial charge on any atom is -0.543 e. The van der Waals surface area contributed by atoms with E-state index in [4.69, 9.17) is 0 Å². The Labute approximate surface area is 120 Å². The van der Waals surface area contributed by atoms with Gasteiger partial charge in [-0.1, -0.05) is 36.4 Å². The van der Waals surface area contributed by atoms with Crippen molar-refractivity contribution in [2.45, 2.75) is 0 Å². The van der Waals surface area contributed by atoms with Gasteiger partial charge >= 0.3 is 0 Å². The minimum absolute atomic E-state index is 0.0464. The molecule has 0 aliphatic rings. The van der Waals surface area contributed by atoms with Crippen LogP contribution in [0.3, 0.4) is 0 Å². The summed E-state index contributed by atoms with van der Waals surface area (Å²) >= 11 is 0. The lowest BCUT2D eigenvalue weighted by Gasteiger charge is -2.11. The lowest BCUT2D eigenvalue weighted by molar-refractivity contribution is -0.299. The summed E-state index contributed by atoms with van der Waals surface area (Å²) in [7, 11) is 0. The Balaban J connectivity index is 2.27. The fourth-order valence-corrected chi connectivity index (χ4v) is 1.68. The summed E-state index contributed by atoms with van der Waals surface area (Å²) in [5.41, 5.74) is -0.169. The molecule has 0 aliphatic heterocycles. The zero-order valence-corrected chi connectivity index (χ0v) is 10.9. The van der Waals surface area contributed by atoms with E-state index in [1.54, 1.807) is 24.3 Å². The van der Waals surface area contributed by atoms with E-state index in [0.717, 1.165) is 6.08 Å². The molecule has 0 spiro atoms. The molecule has 21 heavy (non-hydrogen) atoms. The SMILES string of the molecule is O=C([O-])/C(=C/c1ccccc1F)NC(=O)c1ccccc1. The van der Waals surface area contributed by atoms with Gasteiger partial charge in [-0.3, -0.25) is 4.79 Å². The van der Waals surface area contributed by atoms with Gasteiger partial charge in [0, 0.05) is 11.1 Å². The molecule has 0 aliphatic carbocycles. The summed E-state index contributed by atoms with van der Waals surface area (Å²) < 4.78 is 13.5. The highest BCUT2D eigenvalue weighted by Gasteiger charge is 2.09. The van der Waals surface area contributed by atoms with Crippen molar-refractivity contribution in [2.75, 3.05) is 0 Å². The molecular formula is C16H11FNO3-. The third kappa shape index (κ3) is 3.76. The van der Waals surface area contributed by atoms with Gasteiger partial charge in [-0.2, -0.15) is 0 Å². The Morgan fingerprint density at radius 1 is 1.00 bits per heavy atom. The average Bonchev–Trinajstić information content (AvgIpc) is 2.49. The summed E-state index contributed by atoms with van der Waals surface area (Å²) in [5.74, 6) is -2.80. The summed E-state index contributed by atoms with van der Waals surface area (Å²) in [5, 5.41) is 13.3. The molecule has 0 aromatic heterocycles. The monoisotopic (exact) mass is 284 g/mol. The van der Waals surface area contributed by atoms with Crippen LogP contribution in [0.2, 0.25) is 0 Å². The van der Waals surface area contributed by atoms with Gasteiger partial charge in [-0.25, -0.2) is 4.39 Å². The van der Waals surface area contributed by atoms with Gasteiger partial charge < -0.3 is 15.2 Å². The Kier molecular flexibility index (Phi) is 4.46. The van der Waals surface area contributed by atoms with Crippen LogP contribution in [-0.2, 0) is 4.79 Å². The highest BCUT2D eigenvalue weighted by Crippen LogP contribution is 2.10. The third-order valence-electron chi connectivity index (χ3n) is 2.71. The average molecular weight is 284 g/mol. The summed E-state index contributed by atoms with van der Waals surface area (Å²) in [6, 6.07) is 13.7. The molecule has 2 rings (SSSR count). The molecule has 4 nitrogen and oxygen atoms in total. The number of hydrogen-bond acceptors (Lipinski definition) is 3. The maximum absolute atomic E-state index is 13.5. The van der Waals surface area contributed by atoms with Gasteiger partial charge in [0.15, 0.2) is 0 Å². The molecule has 106 valence electrons. The Bertz CT molecular complexity index is 696. The highest BCUT2D eigenvalue weighted by molar-refractivity contribution is 6.02. The quantitative estimate of drug-likeness (QED) is 0.862. The van der Waals surface area contributed by atoms with E-state index in [1.165, 1.54) is 30.3 Å². The predicted molar refractivity (Wildman–Crippen MR) is 73.3 cm³/mol. The van der Waals surface area contributed by atoms with E-state index in [0.29, 0.717) is 0 Å². The standard InChI is InChI=1S/C16H12FNO3/c17-13-9-5-4-8-12(13)10-14(16(20)21)18-15(19)11-6-2-1-3-7-11/h1-10H,(H,18,19)(H,20,21)/p-1/b14-10-. The van der Waals surface area contributed by atoms with Crippen molar-refractivity contribution in [3.8, 4) is 0 Å². The molecule has 0 saturated carbocycles. The summed E-state index contributed by atoms with van der Waals surface area (Å²) in [6.07, 6.45) is 1.02. The number of carboxylic acid groups (broad SMARTS) is 1. The van der Waals surface area contributed by atoms with E-state index in [2.05, 4.69) is 5.32 Å². The molecule has 0 saturated heterocycles. The fourth-order valence-electron chi connectivity index (χ4n) is 1.68. The maximum Gasteiger partial charge on any atom is 0.255 e. The van der Waals surface area contributed by atoms with Crippen molar-refractivity contribution < 1.29 is 19.1 Å². The normalized spacial score (nSPS) is 11.0. The second-order valence-corrected chi connectivity index (χ2v) is 4.19. The topological polar surface area (TPSA) is 69.2 Å².